The van der Waals surface area contributed by atoms with E-state index in [1.165, 1.54) is 0 Å². The molecule has 0 aliphatic rings. The first-order valence-corrected chi connectivity index (χ1v) is 4.51. The Hall–Kier alpha value is -1.56. The molecule has 0 aromatic heterocycles. The van der Waals surface area contributed by atoms with E-state index in [0.717, 1.165) is 7.11 Å². The number of halogens is 1. The van der Waals surface area contributed by atoms with E-state index in [1.54, 1.807) is 0 Å². The quantitative estimate of drug-likeness (QED) is 0.535. The SMILES string of the molecule is C=C(Cl)CC(CC(=O)O)(C(=O)O)C(=O)OC. The average molecular weight is 251 g/mol. The molecule has 6 nitrogen and oxygen atoms in total. The maximum absolute atomic E-state index is 11.4. The van der Waals surface area contributed by atoms with Crippen molar-refractivity contribution < 1.29 is 29.3 Å². The van der Waals surface area contributed by atoms with E-state index in [9.17, 15) is 14.4 Å². The number of hydrogen-bond acceptors (Lipinski definition) is 4. The minimum atomic E-state index is -2.22. The van der Waals surface area contributed by atoms with Gasteiger partial charge >= 0.3 is 17.9 Å². The first-order chi connectivity index (χ1) is 7.26. The summed E-state index contributed by atoms with van der Waals surface area (Å²) in [7, 11) is 0.971. The molecule has 0 aliphatic heterocycles. The molecule has 0 amide bonds. The van der Waals surface area contributed by atoms with Crippen molar-refractivity contribution in [2.45, 2.75) is 12.8 Å². The third-order valence-corrected chi connectivity index (χ3v) is 2.07. The summed E-state index contributed by atoms with van der Waals surface area (Å²) in [6, 6.07) is 0. The molecule has 0 bridgehead atoms. The first-order valence-electron chi connectivity index (χ1n) is 4.13. The lowest BCUT2D eigenvalue weighted by Gasteiger charge is -2.24. The van der Waals surface area contributed by atoms with Gasteiger partial charge in [0, 0.05) is 11.5 Å². The van der Waals surface area contributed by atoms with Gasteiger partial charge in [0.15, 0.2) is 5.41 Å². The van der Waals surface area contributed by atoms with Crippen molar-refractivity contribution in [1.29, 1.82) is 0 Å². The van der Waals surface area contributed by atoms with Crippen LogP contribution in [0.1, 0.15) is 12.8 Å². The van der Waals surface area contributed by atoms with Gasteiger partial charge in [-0.1, -0.05) is 18.2 Å². The molecule has 0 aromatic carbocycles. The van der Waals surface area contributed by atoms with E-state index in [2.05, 4.69) is 11.3 Å². The number of aliphatic carboxylic acids is 2. The number of carboxylic acid groups (broad SMARTS) is 2. The Morgan fingerprint density at radius 2 is 1.81 bits per heavy atom. The van der Waals surface area contributed by atoms with Gasteiger partial charge in [-0.25, -0.2) is 0 Å². The van der Waals surface area contributed by atoms with Gasteiger partial charge in [0.05, 0.1) is 13.5 Å². The molecule has 0 fully saturated rings. The van der Waals surface area contributed by atoms with Crippen LogP contribution in [-0.4, -0.2) is 35.2 Å². The molecule has 0 aliphatic carbocycles. The van der Waals surface area contributed by atoms with E-state index in [1.807, 2.05) is 0 Å². The molecule has 7 heteroatoms. The lowest BCUT2D eigenvalue weighted by molar-refractivity contribution is -0.171. The number of esters is 1. The Morgan fingerprint density at radius 3 is 2.06 bits per heavy atom. The largest absolute Gasteiger partial charge is 0.481 e. The molecule has 0 radical (unpaired) electrons. The third kappa shape index (κ3) is 3.23. The van der Waals surface area contributed by atoms with Crippen LogP contribution in [0.2, 0.25) is 0 Å². The molecule has 0 rings (SSSR count). The Labute approximate surface area is 96.5 Å². The van der Waals surface area contributed by atoms with Gasteiger partial charge in [-0.05, 0) is 0 Å². The summed E-state index contributed by atoms with van der Waals surface area (Å²) in [6.45, 7) is 3.25. The van der Waals surface area contributed by atoms with Crippen LogP contribution in [0, 0.1) is 5.41 Å². The summed E-state index contributed by atoms with van der Waals surface area (Å²) in [5, 5.41) is 17.4. The van der Waals surface area contributed by atoms with Gasteiger partial charge in [0.2, 0.25) is 0 Å². The Kier molecular flexibility index (Phi) is 4.97. The third-order valence-electron chi connectivity index (χ3n) is 1.93. The molecular formula is C9H11ClO6. The zero-order chi connectivity index (χ0) is 12.9. The van der Waals surface area contributed by atoms with Crippen LogP contribution in [0.15, 0.2) is 11.6 Å². The normalized spacial score (nSPS) is 13.6. The minimum Gasteiger partial charge on any atom is -0.481 e. The van der Waals surface area contributed by atoms with Crippen molar-refractivity contribution >= 4 is 29.5 Å². The number of allylic oxidation sites excluding steroid dienone is 1. The monoisotopic (exact) mass is 250 g/mol. The highest BCUT2D eigenvalue weighted by atomic mass is 35.5. The van der Waals surface area contributed by atoms with Gasteiger partial charge < -0.3 is 14.9 Å². The fraction of sp³-hybridized carbons (Fsp3) is 0.444. The molecule has 1 unspecified atom stereocenters. The fourth-order valence-electron chi connectivity index (χ4n) is 1.23. The van der Waals surface area contributed by atoms with E-state index < -0.39 is 36.2 Å². The molecule has 2 N–H and O–H groups in total. The summed E-state index contributed by atoms with van der Waals surface area (Å²) in [5.41, 5.74) is -2.22. The number of carboxylic acids is 2. The Bertz CT molecular complexity index is 319. The van der Waals surface area contributed by atoms with E-state index in [4.69, 9.17) is 21.8 Å². The van der Waals surface area contributed by atoms with E-state index in [-0.39, 0.29) is 5.03 Å². The Morgan fingerprint density at radius 1 is 1.31 bits per heavy atom. The number of rotatable bonds is 6. The highest BCUT2D eigenvalue weighted by molar-refractivity contribution is 6.29. The molecule has 0 heterocycles. The summed E-state index contributed by atoms with van der Waals surface area (Å²) < 4.78 is 4.30. The van der Waals surface area contributed by atoms with Crippen LogP contribution < -0.4 is 0 Å². The van der Waals surface area contributed by atoms with Crippen LogP contribution in [0.3, 0.4) is 0 Å². The molecular weight excluding hydrogens is 240 g/mol. The first kappa shape index (κ1) is 14.4. The molecule has 0 aromatic rings. The number of carbonyl (C=O) groups excluding carboxylic acids is 1. The van der Waals surface area contributed by atoms with Crippen molar-refractivity contribution in [2.75, 3.05) is 7.11 Å². The number of methoxy groups -OCH3 is 1. The second-order valence-electron chi connectivity index (χ2n) is 3.14. The van der Waals surface area contributed by atoms with Crippen LogP contribution in [-0.2, 0) is 19.1 Å². The predicted octanol–water partition coefficient (Wildman–Crippen LogP) is 0.848. The maximum Gasteiger partial charge on any atom is 0.324 e. The molecule has 1 atom stereocenters. The zero-order valence-corrected chi connectivity index (χ0v) is 9.28. The van der Waals surface area contributed by atoms with Gasteiger partial charge in [0.25, 0.3) is 0 Å². The van der Waals surface area contributed by atoms with Crippen molar-refractivity contribution in [1.82, 2.24) is 0 Å². The molecule has 90 valence electrons. The van der Waals surface area contributed by atoms with Gasteiger partial charge in [-0.2, -0.15) is 0 Å². The standard InChI is InChI=1S/C9H11ClO6/c1-5(10)3-9(7(13)14,4-6(11)12)8(15)16-2/h1,3-4H2,2H3,(H,11,12)(H,13,14). The summed E-state index contributed by atoms with van der Waals surface area (Å²) in [6.07, 6.45) is -1.41. The topological polar surface area (TPSA) is 101 Å². The molecule has 16 heavy (non-hydrogen) atoms. The second-order valence-corrected chi connectivity index (χ2v) is 3.68. The number of carbonyl (C=O) groups is 3. The zero-order valence-electron chi connectivity index (χ0n) is 8.53. The van der Waals surface area contributed by atoms with Crippen molar-refractivity contribution in [3.63, 3.8) is 0 Å². The van der Waals surface area contributed by atoms with Gasteiger partial charge in [-0.15, -0.1) is 0 Å². The lowest BCUT2D eigenvalue weighted by atomic mass is 9.81. The Balaban J connectivity index is 5.37. The van der Waals surface area contributed by atoms with Crippen LogP contribution >= 0.6 is 11.6 Å². The number of hydrogen-bond donors (Lipinski definition) is 2. The fourth-order valence-corrected chi connectivity index (χ4v) is 1.45. The molecule has 0 saturated heterocycles. The van der Waals surface area contributed by atoms with Gasteiger partial charge in [-0.3, -0.25) is 14.4 Å². The van der Waals surface area contributed by atoms with Crippen LogP contribution in [0.5, 0.6) is 0 Å². The minimum absolute atomic E-state index is 0.131. The van der Waals surface area contributed by atoms with E-state index in [0.29, 0.717) is 0 Å². The van der Waals surface area contributed by atoms with Gasteiger partial charge in [0.1, 0.15) is 0 Å². The smallest absolute Gasteiger partial charge is 0.324 e. The van der Waals surface area contributed by atoms with Crippen molar-refractivity contribution in [2.24, 2.45) is 5.41 Å². The molecule has 0 spiro atoms. The average Bonchev–Trinajstić information content (AvgIpc) is 2.13. The molecule has 0 saturated carbocycles. The van der Waals surface area contributed by atoms with Crippen LogP contribution in [0.4, 0.5) is 0 Å². The number of ether oxygens (including phenoxy) is 1. The highest BCUT2D eigenvalue weighted by Crippen LogP contribution is 2.33. The maximum atomic E-state index is 11.4. The van der Waals surface area contributed by atoms with Crippen molar-refractivity contribution in [3.8, 4) is 0 Å². The van der Waals surface area contributed by atoms with Crippen molar-refractivity contribution in [3.05, 3.63) is 11.6 Å². The predicted molar refractivity (Wildman–Crippen MR) is 53.9 cm³/mol. The van der Waals surface area contributed by atoms with E-state index >= 15 is 0 Å². The lowest BCUT2D eigenvalue weighted by Crippen LogP contribution is -2.42. The second kappa shape index (κ2) is 5.50. The van der Waals surface area contributed by atoms with Crippen LogP contribution in [0.25, 0.3) is 0 Å². The summed E-state index contributed by atoms with van der Waals surface area (Å²) in [4.78, 5) is 33.0. The highest BCUT2D eigenvalue weighted by Gasteiger charge is 2.49. The summed E-state index contributed by atoms with van der Waals surface area (Å²) in [5.74, 6) is -4.21. The summed E-state index contributed by atoms with van der Waals surface area (Å²) >= 11 is 5.43.